The first-order valence-electron chi connectivity index (χ1n) is 6.65. The molecular weight excluding hydrogens is 274 g/mol. The van der Waals surface area contributed by atoms with E-state index < -0.39 is 5.97 Å². The Morgan fingerprint density at radius 1 is 1.24 bits per heavy atom. The Kier molecular flexibility index (Phi) is 2.28. The number of rotatable bonds is 3. The zero-order chi connectivity index (χ0) is 14.7. The van der Waals surface area contributed by atoms with Crippen molar-refractivity contribution in [1.82, 2.24) is 4.90 Å². The minimum atomic E-state index is -1.13. The van der Waals surface area contributed by atoms with Gasteiger partial charge in [-0.1, -0.05) is 6.07 Å². The van der Waals surface area contributed by atoms with Gasteiger partial charge in [-0.3, -0.25) is 14.5 Å². The molecule has 21 heavy (non-hydrogen) atoms. The molecule has 1 aliphatic carbocycles. The largest absolute Gasteiger partial charge is 0.475 e. The van der Waals surface area contributed by atoms with Crippen molar-refractivity contribution in [2.45, 2.75) is 13.0 Å². The highest BCUT2D eigenvalue weighted by atomic mass is 16.4. The first-order valence-corrected chi connectivity index (χ1v) is 6.65. The number of carboxylic acid groups (broad SMARTS) is 1. The summed E-state index contributed by atoms with van der Waals surface area (Å²) in [5, 5.41) is 9.54. The van der Waals surface area contributed by atoms with Crippen LogP contribution in [0.5, 0.6) is 0 Å². The number of carbonyl (C=O) groups is 3. The lowest BCUT2D eigenvalue weighted by atomic mass is 10.1. The molecule has 6 heteroatoms. The van der Waals surface area contributed by atoms with Crippen LogP contribution >= 0.6 is 0 Å². The highest BCUT2D eigenvalue weighted by molar-refractivity contribution is 6.08. The van der Waals surface area contributed by atoms with Gasteiger partial charge in [0.15, 0.2) is 0 Å². The number of imide groups is 1. The van der Waals surface area contributed by atoms with Gasteiger partial charge in [0.25, 0.3) is 0 Å². The van der Waals surface area contributed by atoms with Crippen molar-refractivity contribution in [2.24, 2.45) is 11.8 Å². The molecule has 2 aromatic rings. The summed E-state index contributed by atoms with van der Waals surface area (Å²) in [5.74, 6) is -1.65. The van der Waals surface area contributed by atoms with Crippen LogP contribution in [-0.4, -0.2) is 27.8 Å². The monoisotopic (exact) mass is 285 g/mol. The van der Waals surface area contributed by atoms with Gasteiger partial charge in [0, 0.05) is 5.39 Å². The molecule has 0 bridgehead atoms. The SMILES string of the molecule is O=C(O)c1cc2cc(CN3C(=O)C4CC4C3=O)ccc2o1. The van der Waals surface area contributed by atoms with E-state index in [0.717, 1.165) is 5.56 Å². The van der Waals surface area contributed by atoms with Crippen molar-refractivity contribution in [3.05, 3.63) is 35.6 Å². The van der Waals surface area contributed by atoms with Crippen LogP contribution in [-0.2, 0) is 16.1 Å². The molecular formula is C15H11NO5. The normalized spacial score (nSPS) is 23.7. The van der Waals surface area contributed by atoms with Crippen LogP contribution in [0.15, 0.2) is 28.7 Å². The standard InChI is InChI=1S/C15H11NO5/c17-13-9-5-10(9)14(18)16(13)6-7-1-2-11-8(3-7)4-12(21-11)15(19)20/h1-4,9-10H,5-6H2,(H,19,20). The molecule has 2 heterocycles. The number of fused-ring (bicyclic) bond motifs is 2. The number of piperidine rings is 1. The Bertz CT molecular complexity index is 785. The molecule has 2 atom stereocenters. The summed E-state index contributed by atoms with van der Waals surface area (Å²) >= 11 is 0. The van der Waals surface area contributed by atoms with Gasteiger partial charge in [-0.2, -0.15) is 0 Å². The molecule has 4 rings (SSSR count). The van der Waals surface area contributed by atoms with Crippen molar-refractivity contribution < 1.29 is 23.9 Å². The molecule has 1 aromatic carbocycles. The van der Waals surface area contributed by atoms with Crippen LogP contribution in [0.4, 0.5) is 0 Å². The van der Waals surface area contributed by atoms with Crippen LogP contribution < -0.4 is 0 Å². The highest BCUT2D eigenvalue weighted by Gasteiger charge is 2.58. The molecule has 6 nitrogen and oxygen atoms in total. The van der Waals surface area contributed by atoms with Crippen molar-refractivity contribution >= 4 is 28.8 Å². The fourth-order valence-corrected chi connectivity index (χ4v) is 2.88. The van der Waals surface area contributed by atoms with Crippen molar-refractivity contribution in [2.75, 3.05) is 0 Å². The molecule has 2 unspecified atom stereocenters. The number of hydrogen-bond donors (Lipinski definition) is 1. The molecule has 1 saturated carbocycles. The fourth-order valence-electron chi connectivity index (χ4n) is 2.88. The maximum Gasteiger partial charge on any atom is 0.371 e. The first-order chi connectivity index (χ1) is 10.0. The quantitative estimate of drug-likeness (QED) is 0.866. The van der Waals surface area contributed by atoms with Crippen LogP contribution in [0.3, 0.4) is 0 Å². The van der Waals surface area contributed by atoms with Gasteiger partial charge in [0.2, 0.25) is 17.6 Å². The summed E-state index contributed by atoms with van der Waals surface area (Å²) in [6.07, 6.45) is 0.691. The van der Waals surface area contributed by atoms with E-state index in [1.54, 1.807) is 18.2 Å². The summed E-state index contributed by atoms with van der Waals surface area (Å²) in [7, 11) is 0. The number of amides is 2. The van der Waals surface area contributed by atoms with Gasteiger partial charge in [-0.15, -0.1) is 0 Å². The third kappa shape index (κ3) is 1.75. The predicted octanol–water partition coefficient (Wildman–Crippen LogP) is 1.64. The fraction of sp³-hybridized carbons (Fsp3) is 0.267. The van der Waals surface area contributed by atoms with E-state index in [4.69, 9.17) is 9.52 Å². The number of nitrogens with zero attached hydrogens (tertiary/aromatic N) is 1. The van der Waals surface area contributed by atoms with Crippen LogP contribution in [0.25, 0.3) is 11.0 Å². The van der Waals surface area contributed by atoms with E-state index in [-0.39, 0.29) is 36.0 Å². The van der Waals surface area contributed by atoms with Crippen molar-refractivity contribution in [3.8, 4) is 0 Å². The second-order valence-corrected chi connectivity index (χ2v) is 5.50. The van der Waals surface area contributed by atoms with E-state index in [2.05, 4.69) is 0 Å². The Labute approximate surface area is 118 Å². The predicted molar refractivity (Wildman–Crippen MR) is 70.3 cm³/mol. The third-order valence-corrected chi connectivity index (χ3v) is 4.09. The molecule has 1 N–H and O–H groups in total. The van der Waals surface area contributed by atoms with Gasteiger partial charge in [0.1, 0.15) is 5.58 Å². The van der Waals surface area contributed by atoms with Crippen LogP contribution in [0, 0.1) is 11.8 Å². The Balaban J connectivity index is 1.63. The number of benzene rings is 1. The summed E-state index contributed by atoms with van der Waals surface area (Å²) in [4.78, 5) is 36.0. The minimum Gasteiger partial charge on any atom is -0.475 e. The lowest BCUT2D eigenvalue weighted by Gasteiger charge is -2.16. The molecule has 2 aliphatic rings. The summed E-state index contributed by atoms with van der Waals surface area (Å²) in [6.45, 7) is 0.230. The number of aromatic carboxylic acids is 1. The topological polar surface area (TPSA) is 87.8 Å². The van der Waals surface area contributed by atoms with Crippen LogP contribution in [0.1, 0.15) is 22.5 Å². The first kappa shape index (κ1) is 12.1. The highest BCUT2D eigenvalue weighted by Crippen LogP contribution is 2.47. The molecule has 0 spiro atoms. The number of carboxylic acids is 1. The third-order valence-electron chi connectivity index (χ3n) is 4.09. The van der Waals surface area contributed by atoms with Crippen molar-refractivity contribution in [3.63, 3.8) is 0 Å². The average Bonchev–Trinajstić information content (AvgIpc) is 3.08. The summed E-state index contributed by atoms with van der Waals surface area (Å²) in [5.41, 5.74) is 1.25. The van der Waals surface area contributed by atoms with Gasteiger partial charge in [-0.05, 0) is 30.2 Å². The van der Waals surface area contributed by atoms with E-state index in [0.29, 0.717) is 17.4 Å². The molecule has 2 fully saturated rings. The zero-order valence-electron chi connectivity index (χ0n) is 10.9. The van der Waals surface area contributed by atoms with Gasteiger partial charge >= 0.3 is 5.97 Å². The maximum absolute atomic E-state index is 11.9. The Hall–Kier alpha value is -2.63. The molecule has 106 valence electrons. The summed E-state index contributed by atoms with van der Waals surface area (Å²) < 4.78 is 5.17. The number of carbonyl (C=O) groups excluding carboxylic acids is 2. The molecule has 1 aromatic heterocycles. The summed E-state index contributed by atoms with van der Waals surface area (Å²) in [6, 6.07) is 6.58. The molecule has 0 radical (unpaired) electrons. The van der Waals surface area contributed by atoms with Crippen molar-refractivity contribution in [1.29, 1.82) is 0 Å². The maximum atomic E-state index is 11.9. The minimum absolute atomic E-state index is 0.0940. The smallest absolute Gasteiger partial charge is 0.371 e. The molecule has 1 aliphatic heterocycles. The lowest BCUT2D eigenvalue weighted by Crippen LogP contribution is -2.32. The average molecular weight is 285 g/mol. The van der Waals surface area contributed by atoms with E-state index in [1.807, 2.05) is 0 Å². The Morgan fingerprint density at radius 2 is 1.95 bits per heavy atom. The van der Waals surface area contributed by atoms with E-state index in [9.17, 15) is 14.4 Å². The Morgan fingerprint density at radius 3 is 2.62 bits per heavy atom. The molecule has 2 amide bonds. The zero-order valence-corrected chi connectivity index (χ0v) is 10.9. The number of likely N-dealkylation sites (tertiary alicyclic amines) is 1. The van der Waals surface area contributed by atoms with Gasteiger partial charge in [-0.25, -0.2) is 4.79 Å². The van der Waals surface area contributed by atoms with E-state index in [1.165, 1.54) is 11.0 Å². The number of furan rings is 1. The molecule has 1 saturated heterocycles. The van der Waals surface area contributed by atoms with Gasteiger partial charge in [0.05, 0.1) is 18.4 Å². The lowest BCUT2D eigenvalue weighted by molar-refractivity contribution is -0.142. The second kappa shape index (κ2) is 3.94. The van der Waals surface area contributed by atoms with Crippen LogP contribution in [0.2, 0.25) is 0 Å². The second-order valence-electron chi connectivity index (χ2n) is 5.50. The number of hydrogen-bond acceptors (Lipinski definition) is 4. The van der Waals surface area contributed by atoms with E-state index >= 15 is 0 Å². The van der Waals surface area contributed by atoms with Gasteiger partial charge < -0.3 is 9.52 Å².